The third-order valence-electron chi connectivity index (χ3n) is 6.69. The molecule has 6 nitrogen and oxygen atoms in total. The topological polar surface area (TPSA) is 79.5 Å². The summed E-state index contributed by atoms with van der Waals surface area (Å²) in [7, 11) is 0. The molecule has 0 bridgehead atoms. The average molecular weight is 520 g/mol. The smallest absolute Gasteiger partial charge is 0.406 e. The summed E-state index contributed by atoms with van der Waals surface area (Å²) in [5, 5.41) is 8.98. The first kappa shape index (κ1) is 28.3. The number of alkyl halides is 3. The second-order valence-corrected chi connectivity index (χ2v) is 9.46. The zero-order valence-electron chi connectivity index (χ0n) is 21.2. The van der Waals surface area contributed by atoms with Crippen molar-refractivity contribution in [2.45, 2.75) is 70.2 Å². The highest BCUT2D eigenvalue weighted by Crippen LogP contribution is 2.28. The lowest BCUT2D eigenvalue weighted by Crippen LogP contribution is -2.49. The normalized spacial score (nSPS) is 15.9. The van der Waals surface area contributed by atoms with Crippen LogP contribution in [0.15, 0.2) is 54.6 Å². The van der Waals surface area contributed by atoms with Gasteiger partial charge in [-0.1, -0.05) is 69.4 Å². The zero-order valence-corrected chi connectivity index (χ0v) is 21.2. The molecule has 1 aliphatic rings. The molecule has 2 atom stereocenters. The van der Waals surface area contributed by atoms with Crippen LogP contribution in [0.5, 0.6) is 5.75 Å². The molecule has 202 valence electrons. The van der Waals surface area contributed by atoms with E-state index in [4.69, 9.17) is 0 Å². The van der Waals surface area contributed by atoms with Crippen molar-refractivity contribution in [3.63, 3.8) is 0 Å². The van der Waals surface area contributed by atoms with E-state index in [1.54, 1.807) is 0 Å². The first-order valence-electron chi connectivity index (χ1n) is 13.0. The maximum Gasteiger partial charge on any atom is 0.573 e. The number of nitrogens with one attached hydrogen (secondary N) is 3. The molecule has 0 saturated heterocycles. The number of hydrogen-bond acceptors (Lipinski definition) is 4. The molecule has 2 amide bonds. The molecule has 1 aliphatic carbocycles. The molecule has 37 heavy (non-hydrogen) atoms. The van der Waals surface area contributed by atoms with E-state index in [2.05, 4.69) is 20.7 Å². The van der Waals surface area contributed by atoms with Crippen molar-refractivity contribution in [1.29, 1.82) is 0 Å². The summed E-state index contributed by atoms with van der Waals surface area (Å²) in [6.45, 7) is 2.63. The molecule has 3 N–H and O–H groups in total. The number of halogens is 3. The highest BCUT2D eigenvalue weighted by molar-refractivity contribution is 5.90. The second kappa shape index (κ2) is 13.9. The molecule has 2 aromatic carbocycles. The van der Waals surface area contributed by atoms with Gasteiger partial charge in [0.05, 0.1) is 5.92 Å². The molecule has 0 aromatic heterocycles. The Morgan fingerprint density at radius 2 is 1.62 bits per heavy atom. The summed E-state index contributed by atoms with van der Waals surface area (Å²) in [6, 6.07) is 14.4. The number of ether oxygens (including phenoxy) is 1. The Morgan fingerprint density at radius 1 is 0.946 bits per heavy atom. The molecule has 0 heterocycles. The fourth-order valence-corrected chi connectivity index (χ4v) is 4.81. The lowest BCUT2D eigenvalue weighted by atomic mass is 9.84. The molecule has 0 unspecified atom stereocenters. The SMILES string of the molecule is CC[C@@H](C(=O)N[C@@H](CC1CCCCC1)C(=O)NCCNc1ccc(OC(F)(F)F)cc1)c1ccccc1. The Labute approximate surface area is 216 Å². The van der Waals surface area contributed by atoms with Crippen LogP contribution < -0.4 is 20.7 Å². The quantitative estimate of drug-likeness (QED) is 0.312. The summed E-state index contributed by atoms with van der Waals surface area (Å²) in [6.07, 6.45) is 2.12. The second-order valence-electron chi connectivity index (χ2n) is 9.46. The maximum absolute atomic E-state index is 13.2. The first-order valence-corrected chi connectivity index (χ1v) is 13.0. The van der Waals surface area contributed by atoms with Gasteiger partial charge in [0, 0.05) is 18.8 Å². The molecule has 0 radical (unpaired) electrons. The van der Waals surface area contributed by atoms with Crippen molar-refractivity contribution in [3.8, 4) is 5.75 Å². The summed E-state index contributed by atoms with van der Waals surface area (Å²) in [5.74, 6) is -0.596. The molecule has 2 aromatic rings. The van der Waals surface area contributed by atoms with Gasteiger partial charge in [0.2, 0.25) is 11.8 Å². The van der Waals surface area contributed by atoms with E-state index in [1.165, 1.54) is 30.7 Å². The molecule has 1 saturated carbocycles. The summed E-state index contributed by atoms with van der Waals surface area (Å²) < 4.78 is 40.8. The summed E-state index contributed by atoms with van der Waals surface area (Å²) in [5.41, 5.74) is 1.53. The van der Waals surface area contributed by atoms with E-state index in [0.717, 1.165) is 31.2 Å². The van der Waals surface area contributed by atoms with Crippen LogP contribution in [0.4, 0.5) is 18.9 Å². The van der Waals surface area contributed by atoms with Crippen molar-refractivity contribution < 1.29 is 27.5 Å². The van der Waals surface area contributed by atoms with E-state index in [-0.39, 0.29) is 23.5 Å². The number of amides is 2. The first-order chi connectivity index (χ1) is 17.7. The Hall–Kier alpha value is -3.23. The van der Waals surface area contributed by atoms with Crippen LogP contribution in [-0.4, -0.2) is 37.3 Å². The molecule has 3 rings (SSSR count). The van der Waals surface area contributed by atoms with Gasteiger partial charge in [-0.3, -0.25) is 9.59 Å². The van der Waals surface area contributed by atoms with E-state index in [0.29, 0.717) is 37.5 Å². The van der Waals surface area contributed by atoms with Crippen LogP contribution in [-0.2, 0) is 9.59 Å². The Morgan fingerprint density at radius 3 is 2.24 bits per heavy atom. The fraction of sp³-hybridized carbons (Fsp3) is 0.500. The minimum atomic E-state index is -4.74. The van der Waals surface area contributed by atoms with Crippen LogP contribution in [0.1, 0.15) is 63.4 Å². The fourth-order valence-electron chi connectivity index (χ4n) is 4.81. The Bertz CT molecular complexity index is 978. The number of carbonyl (C=O) groups is 2. The van der Waals surface area contributed by atoms with Crippen LogP contribution in [0.3, 0.4) is 0 Å². The van der Waals surface area contributed by atoms with E-state index in [1.807, 2.05) is 37.3 Å². The van der Waals surface area contributed by atoms with Crippen molar-refractivity contribution >= 4 is 17.5 Å². The predicted molar refractivity (Wildman–Crippen MR) is 137 cm³/mol. The van der Waals surface area contributed by atoms with E-state index in [9.17, 15) is 22.8 Å². The molecule has 1 fully saturated rings. The molecule has 9 heteroatoms. The third-order valence-corrected chi connectivity index (χ3v) is 6.69. The Kier molecular flexibility index (Phi) is 10.7. The zero-order chi connectivity index (χ0) is 26.7. The van der Waals surface area contributed by atoms with Gasteiger partial charge in [-0.2, -0.15) is 0 Å². The minimum Gasteiger partial charge on any atom is -0.406 e. The predicted octanol–water partition coefficient (Wildman–Crippen LogP) is 5.76. The van der Waals surface area contributed by atoms with Gasteiger partial charge < -0.3 is 20.7 Å². The van der Waals surface area contributed by atoms with Crippen LogP contribution in [0, 0.1) is 5.92 Å². The van der Waals surface area contributed by atoms with Gasteiger partial charge in [-0.25, -0.2) is 0 Å². The number of hydrogen-bond donors (Lipinski definition) is 3. The monoisotopic (exact) mass is 519 g/mol. The average Bonchev–Trinajstić information content (AvgIpc) is 2.88. The van der Waals surface area contributed by atoms with Crippen LogP contribution in [0.2, 0.25) is 0 Å². The van der Waals surface area contributed by atoms with Crippen molar-refractivity contribution in [2.75, 3.05) is 18.4 Å². The van der Waals surface area contributed by atoms with Gasteiger partial charge in [-0.05, 0) is 48.6 Å². The van der Waals surface area contributed by atoms with Crippen molar-refractivity contribution in [2.24, 2.45) is 5.92 Å². The minimum absolute atomic E-state index is 0.149. The van der Waals surface area contributed by atoms with Gasteiger partial charge in [0.25, 0.3) is 0 Å². The largest absolute Gasteiger partial charge is 0.573 e. The summed E-state index contributed by atoms with van der Waals surface area (Å²) in [4.78, 5) is 26.3. The lowest BCUT2D eigenvalue weighted by molar-refractivity contribution is -0.274. The number of benzene rings is 2. The van der Waals surface area contributed by atoms with Gasteiger partial charge >= 0.3 is 6.36 Å². The van der Waals surface area contributed by atoms with Crippen LogP contribution >= 0.6 is 0 Å². The highest BCUT2D eigenvalue weighted by Gasteiger charge is 2.31. The van der Waals surface area contributed by atoms with Crippen molar-refractivity contribution in [1.82, 2.24) is 10.6 Å². The summed E-state index contributed by atoms with van der Waals surface area (Å²) >= 11 is 0. The standard InChI is InChI=1S/C28H36F3N3O3/c1-2-24(21-11-7-4-8-12-21)26(35)34-25(19-20-9-5-3-6-10-20)27(36)33-18-17-32-22-13-15-23(16-14-22)37-28(29,30)31/h4,7-8,11-16,20,24-25,32H,2-3,5-6,9-10,17-19H2,1H3,(H,33,36)(H,34,35)/t24-,25+/m1/s1. The highest BCUT2D eigenvalue weighted by atomic mass is 19.4. The number of rotatable bonds is 12. The number of anilines is 1. The lowest BCUT2D eigenvalue weighted by Gasteiger charge is -2.28. The van der Waals surface area contributed by atoms with Gasteiger partial charge in [0.1, 0.15) is 11.8 Å². The molecular formula is C28H36F3N3O3. The molecule has 0 spiro atoms. The van der Waals surface area contributed by atoms with Crippen molar-refractivity contribution in [3.05, 3.63) is 60.2 Å². The maximum atomic E-state index is 13.2. The van der Waals surface area contributed by atoms with Gasteiger partial charge in [0.15, 0.2) is 0 Å². The van der Waals surface area contributed by atoms with E-state index >= 15 is 0 Å². The van der Waals surface area contributed by atoms with E-state index < -0.39 is 12.4 Å². The molecule has 0 aliphatic heterocycles. The van der Waals surface area contributed by atoms with Gasteiger partial charge in [-0.15, -0.1) is 13.2 Å². The van der Waals surface area contributed by atoms with Crippen LogP contribution in [0.25, 0.3) is 0 Å². The Balaban J connectivity index is 1.54. The third kappa shape index (κ3) is 9.63. The number of carbonyl (C=O) groups excluding carboxylic acids is 2. The molecular weight excluding hydrogens is 483 g/mol.